The molecule has 0 aliphatic carbocycles. The van der Waals surface area contributed by atoms with Crippen LogP contribution >= 0.6 is 12.4 Å². The lowest BCUT2D eigenvalue weighted by molar-refractivity contribution is -0.117. The number of amides is 1. The molecule has 0 aromatic heterocycles. The molecule has 1 saturated heterocycles. The Bertz CT molecular complexity index is 630. The fourth-order valence-electron chi connectivity index (χ4n) is 3.30. The summed E-state index contributed by atoms with van der Waals surface area (Å²) in [5, 5.41) is 6.27. The van der Waals surface area contributed by atoms with Crippen molar-refractivity contribution in [3.63, 3.8) is 0 Å². The summed E-state index contributed by atoms with van der Waals surface area (Å²) in [6.07, 6.45) is 2.62. The minimum Gasteiger partial charge on any atom is -0.489 e. The van der Waals surface area contributed by atoms with Crippen molar-refractivity contribution in [1.29, 1.82) is 0 Å². The minimum atomic E-state index is -0.445. The van der Waals surface area contributed by atoms with Crippen LogP contribution in [0.3, 0.4) is 0 Å². The van der Waals surface area contributed by atoms with E-state index in [9.17, 15) is 9.59 Å². The molecule has 152 valence electrons. The molecule has 1 aromatic carbocycles. The number of esters is 1. The second kappa shape index (κ2) is 11.1. The number of halogens is 1. The third kappa shape index (κ3) is 7.03. The molecule has 0 bridgehead atoms. The van der Waals surface area contributed by atoms with Gasteiger partial charge in [0.2, 0.25) is 5.91 Å². The Labute approximate surface area is 167 Å². The van der Waals surface area contributed by atoms with E-state index in [1.165, 1.54) is 7.11 Å². The quantitative estimate of drug-likeness (QED) is 0.685. The second-order valence-corrected chi connectivity index (χ2v) is 7.19. The number of carbonyl (C=O) groups is 2. The van der Waals surface area contributed by atoms with Crippen LogP contribution in [0, 0.1) is 11.8 Å². The van der Waals surface area contributed by atoms with Crippen LogP contribution in [-0.4, -0.2) is 38.2 Å². The molecule has 6 nitrogen and oxygen atoms in total. The van der Waals surface area contributed by atoms with Crippen LogP contribution in [0.25, 0.3) is 0 Å². The number of piperidine rings is 1. The van der Waals surface area contributed by atoms with E-state index in [0.717, 1.165) is 25.9 Å². The van der Waals surface area contributed by atoms with Gasteiger partial charge < -0.3 is 20.1 Å². The third-order valence-corrected chi connectivity index (χ3v) is 4.73. The summed E-state index contributed by atoms with van der Waals surface area (Å²) in [4.78, 5) is 24.3. The van der Waals surface area contributed by atoms with Crippen molar-refractivity contribution >= 4 is 30.0 Å². The van der Waals surface area contributed by atoms with E-state index in [1.807, 2.05) is 13.8 Å². The molecule has 1 aliphatic heterocycles. The minimum absolute atomic E-state index is 0. The number of methoxy groups -OCH3 is 1. The van der Waals surface area contributed by atoms with E-state index in [4.69, 9.17) is 9.47 Å². The molecule has 1 unspecified atom stereocenters. The van der Waals surface area contributed by atoms with Crippen molar-refractivity contribution in [1.82, 2.24) is 5.32 Å². The number of hydrogen-bond acceptors (Lipinski definition) is 5. The second-order valence-electron chi connectivity index (χ2n) is 7.19. The molecule has 1 aromatic rings. The van der Waals surface area contributed by atoms with Crippen LogP contribution < -0.4 is 15.4 Å². The Morgan fingerprint density at radius 1 is 1.22 bits per heavy atom. The molecular formula is C20H31ClN2O4. The van der Waals surface area contributed by atoms with Gasteiger partial charge in [0.05, 0.1) is 24.5 Å². The van der Waals surface area contributed by atoms with Crippen LogP contribution in [0.1, 0.15) is 50.4 Å². The fourth-order valence-corrected chi connectivity index (χ4v) is 3.30. The summed E-state index contributed by atoms with van der Waals surface area (Å²) in [6, 6.07) is 4.94. The summed E-state index contributed by atoms with van der Waals surface area (Å²) in [5.41, 5.74) is 0.884. The molecule has 2 rings (SSSR count). The molecule has 1 fully saturated rings. The zero-order chi connectivity index (χ0) is 19.1. The molecule has 0 spiro atoms. The largest absolute Gasteiger partial charge is 0.489 e. The van der Waals surface area contributed by atoms with E-state index in [0.29, 0.717) is 35.3 Å². The SMILES string of the molecule is COC(=O)c1ccc(OC(C)C)c(NC(=O)CC(C)C2CCNCC2)c1.Cl. The van der Waals surface area contributed by atoms with Crippen molar-refractivity contribution in [2.75, 3.05) is 25.5 Å². The smallest absolute Gasteiger partial charge is 0.337 e. The number of nitrogens with one attached hydrogen (secondary N) is 2. The van der Waals surface area contributed by atoms with Gasteiger partial charge >= 0.3 is 5.97 Å². The van der Waals surface area contributed by atoms with Crippen LogP contribution in [0.5, 0.6) is 5.75 Å². The van der Waals surface area contributed by atoms with Crippen LogP contribution in [-0.2, 0) is 9.53 Å². The van der Waals surface area contributed by atoms with Gasteiger partial charge in [-0.15, -0.1) is 12.4 Å². The lowest BCUT2D eigenvalue weighted by Crippen LogP contribution is -2.32. The summed E-state index contributed by atoms with van der Waals surface area (Å²) in [6.45, 7) is 8.00. The highest BCUT2D eigenvalue weighted by atomic mass is 35.5. The monoisotopic (exact) mass is 398 g/mol. The Kier molecular flexibility index (Phi) is 9.60. The van der Waals surface area contributed by atoms with E-state index in [1.54, 1.807) is 18.2 Å². The predicted molar refractivity (Wildman–Crippen MR) is 109 cm³/mol. The summed E-state index contributed by atoms with van der Waals surface area (Å²) in [7, 11) is 1.33. The maximum Gasteiger partial charge on any atom is 0.337 e. The molecule has 2 N–H and O–H groups in total. The molecule has 27 heavy (non-hydrogen) atoms. The van der Waals surface area contributed by atoms with Crippen LogP contribution in [0.2, 0.25) is 0 Å². The van der Waals surface area contributed by atoms with Crippen molar-refractivity contribution in [2.45, 2.75) is 46.1 Å². The maximum absolute atomic E-state index is 12.6. The summed E-state index contributed by atoms with van der Waals surface area (Å²) >= 11 is 0. The summed E-state index contributed by atoms with van der Waals surface area (Å²) in [5.74, 6) is 0.923. The number of ether oxygens (including phenoxy) is 2. The lowest BCUT2D eigenvalue weighted by Gasteiger charge is -2.28. The number of carbonyl (C=O) groups excluding carboxylic acids is 2. The van der Waals surface area contributed by atoms with E-state index in [2.05, 4.69) is 17.6 Å². The van der Waals surface area contributed by atoms with Crippen LogP contribution in [0.15, 0.2) is 18.2 Å². The topological polar surface area (TPSA) is 76.7 Å². The standard InChI is InChI=1S/C20H30N2O4.ClH/c1-13(2)26-18-6-5-16(20(24)25-4)12-17(18)22-19(23)11-14(3)15-7-9-21-10-8-15;/h5-6,12-15,21H,7-11H2,1-4H3,(H,22,23);1H. The number of anilines is 1. The Balaban J connectivity index is 0.00000364. The van der Waals surface area contributed by atoms with Crippen molar-refractivity contribution < 1.29 is 19.1 Å². The van der Waals surface area contributed by atoms with E-state index < -0.39 is 5.97 Å². The van der Waals surface area contributed by atoms with Crippen molar-refractivity contribution in [3.05, 3.63) is 23.8 Å². The highest BCUT2D eigenvalue weighted by Crippen LogP contribution is 2.29. The lowest BCUT2D eigenvalue weighted by atomic mass is 9.84. The average molecular weight is 399 g/mol. The average Bonchev–Trinajstić information content (AvgIpc) is 2.62. The van der Waals surface area contributed by atoms with Gasteiger partial charge in [-0.25, -0.2) is 4.79 Å². The summed E-state index contributed by atoms with van der Waals surface area (Å²) < 4.78 is 10.5. The number of benzene rings is 1. The number of hydrogen-bond donors (Lipinski definition) is 2. The van der Waals surface area contributed by atoms with Crippen molar-refractivity contribution in [3.8, 4) is 5.75 Å². The van der Waals surface area contributed by atoms with Gasteiger partial charge in [-0.3, -0.25) is 4.79 Å². The fraction of sp³-hybridized carbons (Fsp3) is 0.600. The maximum atomic E-state index is 12.6. The first-order valence-electron chi connectivity index (χ1n) is 9.30. The van der Waals surface area contributed by atoms with Gasteiger partial charge in [0.15, 0.2) is 0 Å². The Hall–Kier alpha value is -1.79. The molecule has 1 aliphatic rings. The first kappa shape index (κ1) is 23.2. The number of rotatable bonds is 7. The first-order valence-corrected chi connectivity index (χ1v) is 9.30. The highest BCUT2D eigenvalue weighted by molar-refractivity contribution is 5.96. The predicted octanol–water partition coefficient (Wildman–Crippen LogP) is 3.65. The molecule has 1 atom stereocenters. The van der Waals surface area contributed by atoms with Gasteiger partial charge in [-0.05, 0) is 69.8 Å². The molecular weight excluding hydrogens is 368 g/mol. The van der Waals surface area contributed by atoms with Gasteiger partial charge in [0, 0.05) is 6.42 Å². The molecule has 1 amide bonds. The zero-order valence-corrected chi connectivity index (χ0v) is 17.4. The third-order valence-electron chi connectivity index (χ3n) is 4.73. The van der Waals surface area contributed by atoms with Gasteiger partial charge in [-0.2, -0.15) is 0 Å². The Morgan fingerprint density at radius 3 is 2.48 bits per heavy atom. The first-order chi connectivity index (χ1) is 12.4. The molecule has 0 radical (unpaired) electrons. The Morgan fingerprint density at radius 2 is 1.89 bits per heavy atom. The molecule has 7 heteroatoms. The molecule has 1 heterocycles. The van der Waals surface area contributed by atoms with E-state index in [-0.39, 0.29) is 24.4 Å². The van der Waals surface area contributed by atoms with Gasteiger partial charge in [0.25, 0.3) is 0 Å². The normalized spacial score (nSPS) is 15.6. The molecule has 0 saturated carbocycles. The van der Waals surface area contributed by atoms with E-state index >= 15 is 0 Å². The van der Waals surface area contributed by atoms with Crippen molar-refractivity contribution in [2.24, 2.45) is 11.8 Å². The van der Waals surface area contributed by atoms with Gasteiger partial charge in [-0.1, -0.05) is 6.92 Å². The highest BCUT2D eigenvalue weighted by Gasteiger charge is 2.23. The van der Waals surface area contributed by atoms with Crippen LogP contribution in [0.4, 0.5) is 5.69 Å². The zero-order valence-electron chi connectivity index (χ0n) is 16.5. The van der Waals surface area contributed by atoms with Gasteiger partial charge in [0.1, 0.15) is 5.75 Å².